The highest BCUT2D eigenvalue weighted by Gasteiger charge is 2.32. The summed E-state index contributed by atoms with van der Waals surface area (Å²) in [4.78, 5) is 0. The average Bonchev–Trinajstić information content (AvgIpc) is 1.32. The molecule has 0 aliphatic carbocycles. The minimum Gasteiger partial charge on any atom is -0.364 e. The lowest BCUT2D eigenvalue weighted by molar-refractivity contribution is -0.111. The Balaban J connectivity index is 2.31. The van der Waals surface area contributed by atoms with Gasteiger partial charge in [-0.3, -0.25) is 0 Å². The highest BCUT2D eigenvalue weighted by atomic mass is 32.2. The van der Waals surface area contributed by atoms with E-state index < -0.39 is 5.79 Å². The van der Waals surface area contributed by atoms with Gasteiger partial charge in [0.2, 0.25) is 0 Å². The monoisotopic (exact) mass is 105 g/mol. The quantitative estimate of drug-likeness (QED) is 0.411. The summed E-state index contributed by atoms with van der Waals surface area (Å²) in [6.07, 6.45) is 0. The Morgan fingerprint density at radius 2 is 2.00 bits per heavy atom. The minimum atomic E-state index is -1.44. The lowest BCUT2D eigenvalue weighted by Crippen LogP contribution is -2.38. The molecule has 2 N–H and O–H groups in total. The summed E-state index contributed by atoms with van der Waals surface area (Å²) >= 11 is 1.42. The standard InChI is InChI=1S/C3H5O2S/c4-3(5)1-6-2-3/h1,4-5H,2H2. The number of hydrogen-bond donors (Lipinski definition) is 2. The Hall–Kier alpha value is 0.270. The van der Waals surface area contributed by atoms with E-state index in [0.717, 1.165) is 0 Å². The first kappa shape index (κ1) is 4.43. The zero-order chi connectivity index (χ0) is 4.62. The van der Waals surface area contributed by atoms with Gasteiger partial charge in [0.25, 0.3) is 0 Å². The second kappa shape index (κ2) is 1.12. The van der Waals surface area contributed by atoms with E-state index in [1.807, 2.05) is 0 Å². The van der Waals surface area contributed by atoms with E-state index in [1.54, 1.807) is 0 Å². The molecule has 1 fully saturated rings. The van der Waals surface area contributed by atoms with Gasteiger partial charge >= 0.3 is 0 Å². The van der Waals surface area contributed by atoms with Crippen molar-refractivity contribution in [2.24, 2.45) is 0 Å². The molecular formula is C3H5O2S. The van der Waals surface area contributed by atoms with E-state index in [4.69, 9.17) is 10.2 Å². The molecule has 1 aliphatic heterocycles. The maximum atomic E-state index is 8.39. The predicted molar refractivity (Wildman–Crippen MR) is 23.9 cm³/mol. The first-order valence-electron chi connectivity index (χ1n) is 1.61. The van der Waals surface area contributed by atoms with Crippen LogP contribution in [0.1, 0.15) is 0 Å². The van der Waals surface area contributed by atoms with Crippen molar-refractivity contribution in [3.63, 3.8) is 0 Å². The van der Waals surface area contributed by atoms with Crippen molar-refractivity contribution in [3.05, 3.63) is 5.75 Å². The first-order valence-corrected chi connectivity index (χ1v) is 2.66. The van der Waals surface area contributed by atoms with Crippen molar-refractivity contribution in [1.82, 2.24) is 0 Å². The van der Waals surface area contributed by atoms with Gasteiger partial charge in [-0.1, -0.05) is 0 Å². The maximum absolute atomic E-state index is 8.39. The summed E-state index contributed by atoms with van der Waals surface area (Å²) in [5.74, 6) is 0.380. The molecule has 0 aromatic heterocycles. The third-order valence-corrected chi connectivity index (χ3v) is 1.70. The van der Waals surface area contributed by atoms with Gasteiger partial charge in [0.15, 0.2) is 5.79 Å². The third-order valence-electron chi connectivity index (χ3n) is 0.568. The van der Waals surface area contributed by atoms with Crippen molar-refractivity contribution >= 4 is 11.8 Å². The molecule has 35 valence electrons. The fourth-order valence-electron chi connectivity index (χ4n) is 0.232. The predicted octanol–water partition coefficient (Wildman–Crippen LogP) is -0.424. The van der Waals surface area contributed by atoms with Crippen LogP contribution in [0.3, 0.4) is 0 Å². The molecule has 1 rings (SSSR count). The molecule has 1 saturated heterocycles. The normalized spacial score (nSPS) is 29.0. The van der Waals surface area contributed by atoms with Crippen LogP contribution < -0.4 is 0 Å². The smallest absolute Gasteiger partial charge is 0.185 e. The van der Waals surface area contributed by atoms with Crippen LogP contribution in [0.15, 0.2) is 0 Å². The third kappa shape index (κ3) is 0.668. The minimum absolute atomic E-state index is 0.424. The van der Waals surface area contributed by atoms with E-state index in [2.05, 4.69) is 0 Å². The molecule has 0 amide bonds. The molecule has 6 heavy (non-hydrogen) atoms. The van der Waals surface area contributed by atoms with Crippen LogP contribution in [-0.2, 0) is 0 Å². The Bertz CT molecular complexity index is 55.8. The highest BCUT2D eigenvalue weighted by molar-refractivity contribution is 8.02. The Labute approximate surface area is 40.2 Å². The summed E-state index contributed by atoms with van der Waals surface area (Å²) < 4.78 is 0. The van der Waals surface area contributed by atoms with Gasteiger partial charge in [-0.15, -0.1) is 11.8 Å². The second-order valence-electron chi connectivity index (χ2n) is 1.31. The highest BCUT2D eigenvalue weighted by Crippen LogP contribution is 2.31. The Kier molecular flexibility index (Phi) is 0.825. The summed E-state index contributed by atoms with van der Waals surface area (Å²) in [5, 5.41) is 16.8. The molecule has 0 bridgehead atoms. The first-order chi connectivity index (χ1) is 2.71. The van der Waals surface area contributed by atoms with Crippen LogP contribution in [0, 0.1) is 5.75 Å². The molecule has 3 heteroatoms. The van der Waals surface area contributed by atoms with Crippen molar-refractivity contribution in [1.29, 1.82) is 0 Å². The summed E-state index contributed by atoms with van der Waals surface area (Å²) in [5.41, 5.74) is 0. The van der Waals surface area contributed by atoms with E-state index >= 15 is 0 Å². The van der Waals surface area contributed by atoms with E-state index in [-0.39, 0.29) is 0 Å². The molecule has 0 unspecified atom stereocenters. The number of rotatable bonds is 0. The van der Waals surface area contributed by atoms with Crippen molar-refractivity contribution in [2.45, 2.75) is 5.79 Å². The summed E-state index contributed by atoms with van der Waals surface area (Å²) in [6, 6.07) is 0. The van der Waals surface area contributed by atoms with Crippen molar-refractivity contribution < 1.29 is 10.2 Å². The maximum Gasteiger partial charge on any atom is 0.185 e. The topological polar surface area (TPSA) is 40.5 Å². The van der Waals surface area contributed by atoms with Gasteiger partial charge < -0.3 is 10.2 Å². The lowest BCUT2D eigenvalue weighted by atomic mass is 10.4. The molecule has 0 spiro atoms. The van der Waals surface area contributed by atoms with Gasteiger partial charge in [0.05, 0.1) is 5.75 Å². The molecule has 1 aliphatic rings. The second-order valence-corrected chi connectivity index (χ2v) is 2.17. The van der Waals surface area contributed by atoms with Crippen LogP contribution in [0.25, 0.3) is 0 Å². The van der Waals surface area contributed by atoms with Gasteiger partial charge in [-0.05, 0) is 0 Å². The van der Waals surface area contributed by atoms with Crippen LogP contribution in [0.4, 0.5) is 0 Å². The average molecular weight is 105 g/mol. The van der Waals surface area contributed by atoms with E-state index in [9.17, 15) is 0 Å². The van der Waals surface area contributed by atoms with Crippen molar-refractivity contribution in [2.75, 3.05) is 5.75 Å². The van der Waals surface area contributed by atoms with Crippen molar-refractivity contribution in [3.8, 4) is 0 Å². The lowest BCUT2D eigenvalue weighted by Gasteiger charge is -2.28. The molecule has 0 atom stereocenters. The molecule has 0 aromatic rings. The molecule has 1 radical (unpaired) electrons. The fraction of sp³-hybridized carbons (Fsp3) is 0.667. The summed E-state index contributed by atoms with van der Waals surface area (Å²) in [7, 11) is 0. The number of thioether (sulfide) groups is 1. The van der Waals surface area contributed by atoms with Crippen LogP contribution in [0.2, 0.25) is 0 Å². The molecule has 1 heterocycles. The molecule has 0 aromatic carbocycles. The summed E-state index contributed by atoms with van der Waals surface area (Å²) in [6.45, 7) is 0. The van der Waals surface area contributed by atoms with Gasteiger partial charge in [0.1, 0.15) is 0 Å². The Morgan fingerprint density at radius 1 is 1.67 bits per heavy atom. The molecule has 0 saturated carbocycles. The van der Waals surface area contributed by atoms with Gasteiger partial charge in [-0.2, -0.15) is 0 Å². The number of hydrogen-bond acceptors (Lipinski definition) is 3. The zero-order valence-electron chi connectivity index (χ0n) is 3.09. The van der Waals surface area contributed by atoms with Crippen LogP contribution in [0.5, 0.6) is 0 Å². The van der Waals surface area contributed by atoms with Gasteiger partial charge in [-0.25, -0.2) is 0 Å². The van der Waals surface area contributed by atoms with Crippen LogP contribution >= 0.6 is 11.8 Å². The number of aliphatic hydroxyl groups is 2. The molecular weight excluding hydrogens is 100 g/mol. The molecule has 2 nitrogen and oxygen atoms in total. The SMILES string of the molecule is OC1(O)[CH]SC1. The zero-order valence-corrected chi connectivity index (χ0v) is 3.90. The van der Waals surface area contributed by atoms with Crippen LogP contribution in [-0.4, -0.2) is 21.8 Å². The largest absolute Gasteiger partial charge is 0.364 e. The Morgan fingerprint density at radius 3 is 2.00 bits per heavy atom. The van der Waals surface area contributed by atoms with Gasteiger partial charge in [0, 0.05) is 5.75 Å². The van der Waals surface area contributed by atoms with E-state index in [0.29, 0.717) is 5.75 Å². The van der Waals surface area contributed by atoms with E-state index in [1.165, 1.54) is 17.5 Å². The fourth-order valence-corrected chi connectivity index (χ4v) is 0.697.